The van der Waals surface area contributed by atoms with E-state index in [0.717, 1.165) is 34.7 Å². The first kappa shape index (κ1) is 17.5. The van der Waals surface area contributed by atoms with E-state index in [0.29, 0.717) is 6.42 Å². The average Bonchev–Trinajstić information content (AvgIpc) is 2.85. The number of benzene rings is 1. The number of aromatic amines is 1. The molecular weight excluding hydrogens is 314 g/mol. The van der Waals surface area contributed by atoms with Gasteiger partial charge in [-0.15, -0.1) is 0 Å². The lowest BCUT2D eigenvalue weighted by Crippen LogP contribution is -2.41. The SMILES string of the molecule is Cc1n[nH]c(C)c1[C@@H](C)CC(=O)N[C@@H]1CC(C)(C)Oc2ccccc21. The molecule has 1 aliphatic heterocycles. The van der Waals surface area contributed by atoms with Crippen LogP contribution >= 0.6 is 0 Å². The van der Waals surface area contributed by atoms with E-state index >= 15 is 0 Å². The lowest BCUT2D eigenvalue weighted by atomic mass is 9.89. The minimum absolute atomic E-state index is 0.0220. The van der Waals surface area contributed by atoms with E-state index in [1.54, 1.807) is 0 Å². The van der Waals surface area contributed by atoms with Gasteiger partial charge in [0.15, 0.2) is 0 Å². The summed E-state index contributed by atoms with van der Waals surface area (Å²) < 4.78 is 6.04. The number of para-hydroxylation sites is 1. The molecular formula is C20H27N3O2. The minimum atomic E-state index is -0.296. The number of aromatic nitrogens is 2. The molecule has 2 aromatic rings. The standard InChI is InChI=1S/C20H27N3O2/c1-12(19-13(2)22-23-14(19)3)10-18(24)21-16-11-20(4,5)25-17-9-7-6-8-15(16)17/h6-9,12,16H,10-11H2,1-5H3,(H,21,24)(H,22,23)/t12-,16+/m0/s1. The quantitative estimate of drug-likeness (QED) is 0.885. The zero-order valence-corrected chi connectivity index (χ0v) is 15.6. The van der Waals surface area contributed by atoms with Gasteiger partial charge in [-0.25, -0.2) is 0 Å². The number of aryl methyl sites for hydroxylation is 2. The van der Waals surface area contributed by atoms with Crippen molar-refractivity contribution in [1.29, 1.82) is 0 Å². The number of carbonyl (C=O) groups is 1. The number of hydrogen-bond acceptors (Lipinski definition) is 3. The van der Waals surface area contributed by atoms with Gasteiger partial charge < -0.3 is 10.1 Å². The Labute approximate surface area is 149 Å². The lowest BCUT2D eigenvalue weighted by molar-refractivity contribution is -0.122. The number of nitrogens with zero attached hydrogens (tertiary/aromatic N) is 1. The van der Waals surface area contributed by atoms with Gasteiger partial charge in [0, 0.05) is 24.1 Å². The molecule has 0 saturated carbocycles. The van der Waals surface area contributed by atoms with Crippen LogP contribution in [0.15, 0.2) is 24.3 Å². The fourth-order valence-electron chi connectivity index (χ4n) is 3.85. The van der Waals surface area contributed by atoms with E-state index in [-0.39, 0.29) is 23.5 Å². The van der Waals surface area contributed by atoms with Crippen molar-refractivity contribution < 1.29 is 9.53 Å². The maximum absolute atomic E-state index is 12.7. The van der Waals surface area contributed by atoms with Gasteiger partial charge in [0.2, 0.25) is 5.91 Å². The second-order valence-corrected chi connectivity index (χ2v) is 7.68. The molecule has 1 aliphatic rings. The molecule has 2 atom stereocenters. The Morgan fingerprint density at radius 2 is 2.12 bits per heavy atom. The highest BCUT2D eigenvalue weighted by Gasteiger charge is 2.34. The summed E-state index contributed by atoms with van der Waals surface area (Å²) in [6.07, 6.45) is 1.20. The van der Waals surface area contributed by atoms with E-state index in [2.05, 4.69) is 36.3 Å². The molecule has 1 amide bonds. The fourth-order valence-corrected chi connectivity index (χ4v) is 3.85. The molecule has 0 saturated heterocycles. The monoisotopic (exact) mass is 341 g/mol. The Balaban J connectivity index is 1.73. The van der Waals surface area contributed by atoms with Gasteiger partial charge in [-0.2, -0.15) is 5.10 Å². The third-order valence-electron chi connectivity index (χ3n) is 4.88. The summed E-state index contributed by atoms with van der Waals surface area (Å²) in [4.78, 5) is 12.7. The van der Waals surface area contributed by atoms with Crippen LogP contribution in [0.2, 0.25) is 0 Å². The molecule has 2 N–H and O–H groups in total. The van der Waals surface area contributed by atoms with Gasteiger partial charge in [-0.3, -0.25) is 9.89 Å². The van der Waals surface area contributed by atoms with Gasteiger partial charge in [-0.1, -0.05) is 25.1 Å². The molecule has 0 radical (unpaired) electrons. The molecule has 1 aromatic carbocycles. The van der Waals surface area contributed by atoms with E-state index in [1.165, 1.54) is 0 Å². The fraction of sp³-hybridized carbons (Fsp3) is 0.500. The molecule has 134 valence electrons. The van der Waals surface area contributed by atoms with Gasteiger partial charge in [-0.05, 0) is 45.2 Å². The van der Waals surface area contributed by atoms with Crippen molar-refractivity contribution >= 4 is 5.91 Å². The van der Waals surface area contributed by atoms with Crippen LogP contribution in [-0.2, 0) is 4.79 Å². The molecule has 0 spiro atoms. The largest absolute Gasteiger partial charge is 0.487 e. The molecule has 1 aromatic heterocycles. The highest BCUT2D eigenvalue weighted by molar-refractivity contribution is 5.77. The van der Waals surface area contributed by atoms with Gasteiger partial charge in [0.25, 0.3) is 0 Å². The predicted molar refractivity (Wildman–Crippen MR) is 97.7 cm³/mol. The van der Waals surface area contributed by atoms with Gasteiger partial charge in [0.05, 0.1) is 11.7 Å². The number of amides is 1. The molecule has 3 rings (SSSR count). The molecule has 25 heavy (non-hydrogen) atoms. The summed E-state index contributed by atoms with van der Waals surface area (Å²) in [6.45, 7) is 10.2. The third kappa shape index (κ3) is 3.70. The van der Waals surface area contributed by atoms with Crippen LogP contribution < -0.4 is 10.1 Å². The number of H-pyrrole nitrogens is 1. The van der Waals surface area contributed by atoms with Crippen LogP contribution in [-0.4, -0.2) is 21.7 Å². The summed E-state index contributed by atoms with van der Waals surface area (Å²) in [6, 6.07) is 7.93. The second kappa shape index (κ2) is 6.54. The van der Waals surface area contributed by atoms with Crippen molar-refractivity contribution in [3.63, 3.8) is 0 Å². The van der Waals surface area contributed by atoms with Crippen LogP contribution in [0.4, 0.5) is 0 Å². The number of hydrogen-bond donors (Lipinski definition) is 2. The van der Waals surface area contributed by atoms with Crippen molar-refractivity contribution in [1.82, 2.24) is 15.5 Å². The molecule has 5 heteroatoms. The number of carbonyl (C=O) groups excluding carboxylic acids is 1. The van der Waals surface area contributed by atoms with Crippen molar-refractivity contribution in [3.8, 4) is 5.75 Å². The normalized spacial score (nSPS) is 19.6. The van der Waals surface area contributed by atoms with E-state index in [9.17, 15) is 4.79 Å². The Bertz CT molecular complexity index is 759. The topological polar surface area (TPSA) is 67.0 Å². The van der Waals surface area contributed by atoms with Crippen molar-refractivity contribution in [2.75, 3.05) is 0 Å². The summed E-state index contributed by atoms with van der Waals surface area (Å²) in [5.74, 6) is 1.05. The van der Waals surface area contributed by atoms with Crippen LogP contribution in [0, 0.1) is 13.8 Å². The highest BCUT2D eigenvalue weighted by Crippen LogP contribution is 2.39. The molecule has 0 unspecified atom stereocenters. The first-order valence-electron chi connectivity index (χ1n) is 8.85. The van der Waals surface area contributed by atoms with Crippen LogP contribution in [0.3, 0.4) is 0 Å². The summed E-state index contributed by atoms with van der Waals surface area (Å²) >= 11 is 0. The lowest BCUT2D eigenvalue weighted by Gasteiger charge is -2.38. The Morgan fingerprint density at radius 1 is 1.40 bits per heavy atom. The summed E-state index contributed by atoms with van der Waals surface area (Å²) in [7, 11) is 0. The first-order valence-corrected chi connectivity index (χ1v) is 8.85. The molecule has 0 bridgehead atoms. The first-order chi connectivity index (χ1) is 11.8. The maximum Gasteiger partial charge on any atom is 0.221 e. The molecule has 2 heterocycles. The highest BCUT2D eigenvalue weighted by atomic mass is 16.5. The number of nitrogens with one attached hydrogen (secondary N) is 2. The number of fused-ring (bicyclic) bond motifs is 1. The summed E-state index contributed by atoms with van der Waals surface area (Å²) in [5.41, 5.74) is 3.90. The van der Waals surface area contributed by atoms with Crippen LogP contribution in [0.25, 0.3) is 0 Å². The van der Waals surface area contributed by atoms with Crippen molar-refractivity contribution in [2.24, 2.45) is 0 Å². The third-order valence-corrected chi connectivity index (χ3v) is 4.88. The molecule has 0 fully saturated rings. The second-order valence-electron chi connectivity index (χ2n) is 7.68. The zero-order valence-electron chi connectivity index (χ0n) is 15.6. The van der Waals surface area contributed by atoms with Crippen LogP contribution in [0.5, 0.6) is 5.75 Å². The van der Waals surface area contributed by atoms with Crippen LogP contribution in [0.1, 0.15) is 68.1 Å². The van der Waals surface area contributed by atoms with E-state index in [4.69, 9.17) is 4.74 Å². The average molecular weight is 341 g/mol. The number of ether oxygens (including phenoxy) is 1. The van der Waals surface area contributed by atoms with Gasteiger partial charge >= 0.3 is 0 Å². The van der Waals surface area contributed by atoms with Crippen molar-refractivity contribution in [2.45, 2.75) is 65.0 Å². The molecule has 0 aliphatic carbocycles. The Kier molecular flexibility index (Phi) is 4.58. The summed E-state index contributed by atoms with van der Waals surface area (Å²) in [5, 5.41) is 10.4. The minimum Gasteiger partial charge on any atom is -0.487 e. The van der Waals surface area contributed by atoms with Crippen molar-refractivity contribution in [3.05, 3.63) is 46.8 Å². The maximum atomic E-state index is 12.7. The van der Waals surface area contributed by atoms with Gasteiger partial charge in [0.1, 0.15) is 11.4 Å². The number of rotatable bonds is 4. The van der Waals surface area contributed by atoms with E-state index in [1.807, 2.05) is 38.1 Å². The zero-order chi connectivity index (χ0) is 18.2. The smallest absolute Gasteiger partial charge is 0.221 e. The predicted octanol–water partition coefficient (Wildman–Crippen LogP) is 3.94. The Hall–Kier alpha value is -2.30. The molecule has 5 nitrogen and oxygen atoms in total. The Morgan fingerprint density at radius 3 is 2.80 bits per heavy atom. The van der Waals surface area contributed by atoms with E-state index < -0.39 is 0 Å².